The minimum absolute atomic E-state index is 0.0671. The average molecular weight is 402 g/mol. The van der Waals surface area contributed by atoms with Crippen LogP contribution in [0.5, 0.6) is 0 Å². The molecule has 3 aromatic rings. The van der Waals surface area contributed by atoms with Gasteiger partial charge in [-0.05, 0) is 17.2 Å². The fourth-order valence-electron chi connectivity index (χ4n) is 2.72. The molecule has 0 saturated heterocycles. The van der Waals surface area contributed by atoms with Gasteiger partial charge in [0.05, 0.1) is 11.9 Å². The summed E-state index contributed by atoms with van der Waals surface area (Å²) < 4.78 is 39.2. The molecule has 0 atom stereocenters. The lowest BCUT2D eigenvalue weighted by atomic mass is 10.1. The SMILES string of the molecule is O=C(NCc1ccccc1C(F)(F)F)c1nc[nH]c1C(=O)NCc1ccccc1. The van der Waals surface area contributed by atoms with E-state index in [0.717, 1.165) is 11.6 Å². The Kier molecular flexibility index (Phi) is 5.96. The van der Waals surface area contributed by atoms with Crippen LogP contribution in [0.2, 0.25) is 0 Å². The molecule has 2 aromatic carbocycles. The number of benzene rings is 2. The lowest BCUT2D eigenvalue weighted by Crippen LogP contribution is -2.29. The first-order valence-electron chi connectivity index (χ1n) is 8.65. The van der Waals surface area contributed by atoms with Crippen molar-refractivity contribution in [1.29, 1.82) is 0 Å². The van der Waals surface area contributed by atoms with Crippen molar-refractivity contribution in [2.24, 2.45) is 0 Å². The third kappa shape index (κ3) is 5.01. The zero-order valence-corrected chi connectivity index (χ0v) is 15.1. The molecule has 29 heavy (non-hydrogen) atoms. The van der Waals surface area contributed by atoms with Gasteiger partial charge in [-0.2, -0.15) is 13.2 Å². The molecule has 150 valence electrons. The second-order valence-electron chi connectivity index (χ2n) is 6.13. The first kappa shape index (κ1) is 20.1. The topological polar surface area (TPSA) is 86.9 Å². The van der Waals surface area contributed by atoms with Crippen molar-refractivity contribution < 1.29 is 22.8 Å². The van der Waals surface area contributed by atoms with Gasteiger partial charge in [0.1, 0.15) is 5.69 Å². The Morgan fingerprint density at radius 3 is 2.28 bits per heavy atom. The molecule has 3 rings (SSSR count). The van der Waals surface area contributed by atoms with E-state index in [1.165, 1.54) is 24.5 Å². The van der Waals surface area contributed by atoms with Crippen molar-refractivity contribution in [1.82, 2.24) is 20.6 Å². The van der Waals surface area contributed by atoms with Gasteiger partial charge in [-0.15, -0.1) is 0 Å². The van der Waals surface area contributed by atoms with Crippen LogP contribution in [0.3, 0.4) is 0 Å². The van der Waals surface area contributed by atoms with E-state index < -0.39 is 23.6 Å². The number of carbonyl (C=O) groups excluding carboxylic acids is 2. The summed E-state index contributed by atoms with van der Waals surface area (Å²) >= 11 is 0. The summed E-state index contributed by atoms with van der Waals surface area (Å²) in [4.78, 5) is 31.2. The summed E-state index contributed by atoms with van der Waals surface area (Å²) in [6.45, 7) is -0.106. The van der Waals surface area contributed by atoms with E-state index in [9.17, 15) is 22.8 Å². The maximum absolute atomic E-state index is 13.1. The number of alkyl halides is 3. The summed E-state index contributed by atoms with van der Waals surface area (Å²) in [5.74, 6) is -1.31. The van der Waals surface area contributed by atoms with Gasteiger partial charge >= 0.3 is 6.18 Å². The highest BCUT2D eigenvalue weighted by Gasteiger charge is 2.33. The molecular formula is C20H17F3N4O2. The number of halogens is 3. The fraction of sp³-hybridized carbons (Fsp3) is 0.150. The second-order valence-corrected chi connectivity index (χ2v) is 6.13. The predicted octanol–water partition coefficient (Wildman–Crippen LogP) is 3.29. The lowest BCUT2D eigenvalue weighted by Gasteiger charge is -2.13. The molecule has 1 heterocycles. The first-order valence-corrected chi connectivity index (χ1v) is 8.65. The van der Waals surface area contributed by atoms with Crippen LogP contribution in [0.1, 0.15) is 37.7 Å². The highest BCUT2D eigenvalue weighted by molar-refractivity contribution is 6.04. The standard InChI is InChI=1S/C20H17F3N4O2/c21-20(22,23)15-9-5-4-8-14(15)11-25-19(29)17-16(26-12-27-17)18(28)24-10-13-6-2-1-3-7-13/h1-9,12H,10-11H2,(H,24,28)(H,25,29)(H,26,27). The summed E-state index contributed by atoms with van der Waals surface area (Å²) in [5.41, 5.74) is -0.306. The molecule has 0 bridgehead atoms. The smallest absolute Gasteiger partial charge is 0.347 e. The van der Waals surface area contributed by atoms with Crippen molar-refractivity contribution in [3.05, 3.63) is 89.0 Å². The molecular weight excluding hydrogens is 385 g/mol. The van der Waals surface area contributed by atoms with E-state index in [1.54, 1.807) is 0 Å². The number of H-pyrrole nitrogens is 1. The molecule has 1 aromatic heterocycles. The number of rotatable bonds is 6. The van der Waals surface area contributed by atoms with Gasteiger partial charge in [0, 0.05) is 13.1 Å². The Labute approximate surface area is 164 Å². The largest absolute Gasteiger partial charge is 0.416 e. The van der Waals surface area contributed by atoms with E-state index in [2.05, 4.69) is 20.6 Å². The number of carbonyl (C=O) groups is 2. The number of hydrogen-bond acceptors (Lipinski definition) is 3. The van der Waals surface area contributed by atoms with E-state index in [0.29, 0.717) is 0 Å². The molecule has 0 unspecified atom stereocenters. The fourth-order valence-corrected chi connectivity index (χ4v) is 2.72. The van der Waals surface area contributed by atoms with Crippen LogP contribution in [0.4, 0.5) is 13.2 Å². The van der Waals surface area contributed by atoms with Crippen LogP contribution in [0.25, 0.3) is 0 Å². The molecule has 0 aliphatic heterocycles. The number of aromatic nitrogens is 2. The summed E-state index contributed by atoms with van der Waals surface area (Å²) in [6.07, 6.45) is -3.36. The second kappa shape index (κ2) is 8.59. The Morgan fingerprint density at radius 1 is 0.897 bits per heavy atom. The Bertz CT molecular complexity index is 1000. The van der Waals surface area contributed by atoms with E-state index in [4.69, 9.17) is 0 Å². The van der Waals surface area contributed by atoms with Gasteiger partial charge < -0.3 is 15.6 Å². The molecule has 6 nitrogen and oxygen atoms in total. The van der Waals surface area contributed by atoms with Crippen molar-refractivity contribution in [2.75, 3.05) is 0 Å². The summed E-state index contributed by atoms with van der Waals surface area (Å²) in [5, 5.41) is 5.04. The van der Waals surface area contributed by atoms with Gasteiger partial charge in [-0.25, -0.2) is 4.98 Å². The molecule has 0 aliphatic rings. The molecule has 0 saturated carbocycles. The minimum Gasteiger partial charge on any atom is -0.347 e. The van der Waals surface area contributed by atoms with Gasteiger partial charge in [0.15, 0.2) is 5.69 Å². The van der Waals surface area contributed by atoms with Crippen LogP contribution in [-0.4, -0.2) is 21.8 Å². The van der Waals surface area contributed by atoms with Gasteiger partial charge in [-0.1, -0.05) is 48.5 Å². The van der Waals surface area contributed by atoms with E-state index in [-0.39, 0.29) is 30.0 Å². The van der Waals surface area contributed by atoms with Crippen molar-refractivity contribution in [3.8, 4) is 0 Å². The van der Waals surface area contributed by atoms with Crippen LogP contribution in [-0.2, 0) is 19.3 Å². The number of aromatic amines is 1. The Morgan fingerprint density at radius 2 is 1.55 bits per heavy atom. The summed E-state index contributed by atoms with van der Waals surface area (Å²) in [7, 11) is 0. The maximum Gasteiger partial charge on any atom is 0.416 e. The van der Waals surface area contributed by atoms with Crippen LogP contribution < -0.4 is 10.6 Å². The van der Waals surface area contributed by atoms with Gasteiger partial charge in [0.25, 0.3) is 11.8 Å². The average Bonchev–Trinajstić information content (AvgIpc) is 3.20. The Balaban J connectivity index is 1.66. The molecule has 2 amide bonds. The normalized spacial score (nSPS) is 11.1. The monoisotopic (exact) mass is 402 g/mol. The molecule has 0 spiro atoms. The molecule has 0 radical (unpaired) electrons. The maximum atomic E-state index is 13.1. The van der Waals surface area contributed by atoms with Crippen molar-refractivity contribution in [2.45, 2.75) is 19.3 Å². The van der Waals surface area contributed by atoms with Gasteiger partial charge in [-0.3, -0.25) is 9.59 Å². The number of hydrogen-bond donors (Lipinski definition) is 3. The van der Waals surface area contributed by atoms with Crippen LogP contribution in [0, 0.1) is 0 Å². The van der Waals surface area contributed by atoms with Crippen molar-refractivity contribution >= 4 is 11.8 Å². The number of nitrogens with zero attached hydrogens (tertiary/aromatic N) is 1. The highest BCUT2D eigenvalue weighted by Crippen LogP contribution is 2.31. The van der Waals surface area contributed by atoms with E-state index in [1.807, 2.05) is 30.3 Å². The first-order chi connectivity index (χ1) is 13.9. The number of nitrogens with one attached hydrogen (secondary N) is 3. The third-order valence-electron chi connectivity index (χ3n) is 4.14. The third-order valence-corrected chi connectivity index (χ3v) is 4.14. The Hall–Kier alpha value is -3.62. The zero-order chi connectivity index (χ0) is 20.9. The highest BCUT2D eigenvalue weighted by atomic mass is 19.4. The van der Waals surface area contributed by atoms with E-state index >= 15 is 0 Å². The van der Waals surface area contributed by atoms with Gasteiger partial charge in [0.2, 0.25) is 0 Å². The van der Waals surface area contributed by atoms with Crippen LogP contribution in [0.15, 0.2) is 60.9 Å². The quantitative estimate of drug-likeness (QED) is 0.591. The molecule has 0 fully saturated rings. The summed E-state index contributed by atoms with van der Waals surface area (Å²) in [6, 6.07) is 14.1. The number of amides is 2. The van der Waals surface area contributed by atoms with Crippen molar-refractivity contribution in [3.63, 3.8) is 0 Å². The minimum atomic E-state index is -4.53. The molecule has 9 heteroatoms. The zero-order valence-electron chi connectivity index (χ0n) is 15.1. The van der Waals surface area contributed by atoms with Crippen LogP contribution >= 0.6 is 0 Å². The predicted molar refractivity (Wildman–Crippen MR) is 98.8 cm³/mol. The molecule has 0 aliphatic carbocycles. The number of imidazole rings is 1. The lowest BCUT2D eigenvalue weighted by molar-refractivity contribution is -0.138. The molecule has 3 N–H and O–H groups in total.